The van der Waals surface area contributed by atoms with Gasteiger partial charge < -0.3 is 9.73 Å². The van der Waals surface area contributed by atoms with Gasteiger partial charge in [0, 0.05) is 5.56 Å². The molecule has 0 saturated carbocycles. The molecule has 19 heavy (non-hydrogen) atoms. The lowest BCUT2D eigenvalue weighted by Crippen LogP contribution is -2.21. The highest BCUT2D eigenvalue weighted by molar-refractivity contribution is 5.33. The minimum Gasteiger partial charge on any atom is -0.469 e. The van der Waals surface area contributed by atoms with Crippen molar-refractivity contribution in [1.29, 1.82) is 0 Å². The molecule has 0 aliphatic rings. The predicted octanol–water partition coefficient (Wildman–Crippen LogP) is 4.24. The number of benzene rings is 1. The quantitative estimate of drug-likeness (QED) is 0.837. The van der Waals surface area contributed by atoms with Crippen LogP contribution >= 0.6 is 0 Å². The molecular weight excluding hydrogens is 234 g/mol. The molecule has 0 spiro atoms. The Hall–Kier alpha value is -1.54. The smallest absolute Gasteiger partial charge is 0.101 e. The molecular formula is C17H23NO. The van der Waals surface area contributed by atoms with Gasteiger partial charge in [-0.15, -0.1) is 0 Å². The first-order valence-electron chi connectivity index (χ1n) is 7.11. The van der Waals surface area contributed by atoms with Gasteiger partial charge in [-0.3, -0.25) is 0 Å². The third kappa shape index (κ3) is 3.48. The summed E-state index contributed by atoms with van der Waals surface area (Å²) in [5.41, 5.74) is 3.92. The fourth-order valence-electron chi connectivity index (χ4n) is 2.46. The summed E-state index contributed by atoms with van der Waals surface area (Å²) in [7, 11) is 0. The zero-order chi connectivity index (χ0) is 13.7. The van der Waals surface area contributed by atoms with Crippen LogP contribution in [0, 0.1) is 6.92 Å². The topological polar surface area (TPSA) is 25.2 Å². The summed E-state index contributed by atoms with van der Waals surface area (Å²) < 4.78 is 5.45. The van der Waals surface area contributed by atoms with E-state index >= 15 is 0 Å². The van der Waals surface area contributed by atoms with Crippen LogP contribution in [0.2, 0.25) is 0 Å². The van der Waals surface area contributed by atoms with Gasteiger partial charge >= 0.3 is 0 Å². The van der Waals surface area contributed by atoms with E-state index in [1.807, 2.05) is 13.2 Å². The second kappa shape index (κ2) is 6.58. The molecule has 0 radical (unpaired) electrons. The minimum absolute atomic E-state index is 0.222. The van der Waals surface area contributed by atoms with Crippen molar-refractivity contribution in [3.05, 3.63) is 59.0 Å². The van der Waals surface area contributed by atoms with Crippen molar-refractivity contribution < 1.29 is 4.42 Å². The first-order valence-corrected chi connectivity index (χ1v) is 7.11. The van der Waals surface area contributed by atoms with E-state index in [1.54, 1.807) is 0 Å². The van der Waals surface area contributed by atoms with Gasteiger partial charge in [-0.2, -0.15) is 0 Å². The Labute approximate surface area is 115 Å². The minimum atomic E-state index is 0.222. The maximum Gasteiger partial charge on any atom is 0.101 e. The van der Waals surface area contributed by atoms with Crippen molar-refractivity contribution >= 4 is 0 Å². The van der Waals surface area contributed by atoms with Gasteiger partial charge in [0.05, 0.1) is 12.3 Å². The SMILES string of the molecule is CCCc1cccc(C(NCC)c2coc(C)c2)c1. The summed E-state index contributed by atoms with van der Waals surface area (Å²) in [5, 5.41) is 3.54. The molecule has 0 amide bonds. The van der Waals surface area contributed by atoms with E-state index in [0.717, 1.165) is 18.7 Å². The van der Waals surface area contributed by atoms with Crippen LogP contribution in [-0.4, -0.2) is 6.54 Å². The van der Waals surface area contributed by atoms with Gasteiger partial charge in [0.25, 0.3) is 0 Å². The highest BCUT2D eigenvalue weighted by Crippen LogP contribution is 2.24. The number of hydrogen-bond acceptors (Lipinski definition) is 2. The van der Waals surface area contributed by atoms with Crippen molar-refractivity contribution in [1.82, 2.24) is 5.32 Å². The third-order valence-corrected chi connectivity index (χ3v) is 3.32. The average Bonchev–Trinajstić information content (AvgIpc) is 2.83. The monoisotopic (exact) mass is 257 g/mol. The summed E-state index contributed by atoms with van der Waals surface area (Å²) in [6, 6.07) is 11.2. The molecule has 1 atom stereocenters. The van der Waals surface area contributed by atoms with Crippen LogP contribution in [0.4, 0.5) is 0 Å². The highest BCUT2D eigenvalue weighted by atomic mass is 16.3. The van der Waals surface area contributed by atoms with E-state index in [0.29, 0.717) is 0 Å². The first-order chi connectivity index (χ1) is 9.24. The van der Waals surface area contributed by atoms with Crippen molar-refractivity contribution in [2.75, 3.05) is 6.54 Å². The second-order valence-electron chi connectivity index (χ2n) is 4.98. The first kappa shape index (κ1) is 13.9. The molecule has 2 nitrogen and oxygen atoms in total. The number of hydrogen-bond donors (Lipinski definition) is 1. The number of furan rings is 1. The maximum absolute atomic E-state index is 5.45. The van der Waals surface area contributed by atoms with Gasteiger partial charge in [0.1, 0.15) is 5.76 Å². The predicted molar refractivity (Wildman–Crippen MR) is 79.4 cm³/mol. The van der Waals surface area contributed by atoms with Gasteiger partial charge in [-0.1, -0.05) is 44.5 Å². The molecule has 0 bridgehead atoms. The Morgan fingerprint density at radius 2 is 2.00 bits per heavy atom. The molecule has 102 valence electrons. The third-order valence-electron chi connectivity index (χ3n) is 3.32. The Balaban J connectivity index is 2.30. The Kier molecular flexibility index (Phi) is 4.80. The van der Waals surface area contributed by atoms with E-state index in [1.165, 1.54) is 23.1 Å². The molecule has 1 N–H and O–H groups in total. The van der Waals surface area contributed by atoms with Crippen molar-refractivity contribution in [2.24, 2.45) is 0 Å². The van der Waals surface area contributed by atoms with Gasteiger partial charge in [0.2, 0.25) is 0 Å². The van der Waals surface area contributed by atoms with E-state index in [-0.39, 0.29) is 6.04 Å². The number of aryl methyl sites for hydroxylation is 2. The molecule has 2 aromatic rings. The summed E-state index contributed by atoms with van der Waals surface area (Å²) in [6.45, 7) is 7.27. The molecule has 1 unspecified atom stereocenters. The summed E-state index contributed by atoms with van der Waals surface area (Å²) >= 11 is 0. The van der Waals surface area contributed by atoms with Crippen molar-refractivity contribution in [3.8, 4) is 0 Å². The molecule has 1 aromatic carbocycles. The average molecular weight is 257 g/mol. The zero-order valence-electron chi connectivity index (χ0n) is 12.1. The summed E-state index contributed by atoms with van der Waals surface area (Å²) in [5.74, 6) is 0.961. The van der Waals surface area contributed by atoms with E-state index in [4.69, 9.17) is 4.42 Å². The fraction of sp³-hybridized carbons (Fsp3) is 0.412. The summed E-state index contributed by atoms with van der Waals surface area (Å²) in [6.07, 6.45) is 4.17. The van der Waals surface area contributed by atoms with Crippen LogP contribution < -0.4 is 5.32 Å². The Morgan fingerprint density at radius 1 is 1.16 bits per heavy atom. The standard InChI is InChI=1S/C17H23NO/c1-4-7-14-8-6-9-15(11-14)17(18-5-2)16-10-13(3)19-12-16/h6,8-12,17-18H,4-5,7H2,1-3H3. The van der Waals surface area contributed by atoms with E-state index in [2.05, 4.69) is 49.5 Å². The van der Waals surface area contributed by atoms with Crippen LogP contribution in [0.15, 0.2) is 41.0 Å². The van der Waals surface area contributed by atoms with Gasteiger partial charge in [0.15, 0.2) is 0 Å². The van der Waals surface area contributed by atoms with Crippen LogP contribution in [-0.2, 0) is 6.42 Å². The molecule has 2 heteroatoms. The number of nitrogens with one attached hydrogen (secondary N) is 1. The summed E-state index contributed by atoms with van der Waals surface area (Å²) in [4.78, 5) is 0. The number of rotatable bonds is 6. The lowest BCUT2D eigenvalue weighted by molar-refractivity contribution is 0.525. The lowest BCUT2D eigenvalue weighted by atomic mass is 9.97. The van der Waals surface area contributed by atoms with Crippen LogP contribution in [0.5, 0.6) is 0 Å². The largest absolute Gasteiger partial charge is 0.469 e. The fourth-order valence-corrected chi connectivity index (χ4v) is 2.46. The normalized spacial score (nSPS) is 12.6. The van der Waals surface area contributed by atoms with E-state index in [9.17, 15) is 0 Å². The molecule has 1 heterocycles. The lowest BCUT2D eigenvalue weighted by Gasteiger charge is -2.17. The van der Waals surface area contributed by atoms with Crippen LogP contribution in [0.1, 0.15) is 48.8 Å². The molecule has 0 fully saturated rings. The highest BCUT2D eigenvalue weighted by Gasteiger charge is 2.15. The molecule has 0 aliphatic heterocycles. The molecule has 2 rings (SSSR count). The molecule has 1 aromatic heterocycles. The zero-order valence-corrected chi connectivity index (χ0v) is 12.1. The maximum atomic E-state index is 5.45. The van der Waals surface area contributed by atoms with Crippen molar-refractivity contribution in [2.45, 2.75) is 39.7 Å². The van der Waals surface area contributed by atoms with Crippen molar-refractivity contribution in [3.63, 3.8) is 0 Å². The molecule has 0 aliphatic carbocycles. The second-order valence-corrected chi connectivity index (χ2v) is 4.98. The van der Waals surface area contributed by atoms with Crippen LogP contribution in [0.3, 0.4) is 0 Å². The Morgan fingerprint density at radius 3 is 2.63 bits per heavy atom. The van der Waals surface area contributed by atoms with Gasteiger partial charge in [-0.05, 0) is 37.1 Å². The van der Waals surface area contributed by atoms with Gasteiger partial charge in [-0.25, -0.2) is 0 Å². The van der Waals surface area contributed by atoms with Crippen LogP contribution in [0.25, 0.3) is 0 Å². The van der Waals surface area contributed by atoms with E-state index < -0.39 is 0 Å². The molecule has 0 saturated heterocycles. The Bertz CT molecular complexity index is 515.